The highest BCUT2D eigenvalue weighted by Gasteiger charge is 2.44. The Balaban J connectivity index is 1.83. The first-order chi connectivity index (χ1) is 8.17. The second-order valence-electron chi connectivity index (χ2n) is 6.28. The molecule has 3 unspecified atom stereocenters. The standard InChI is InChI=1S/C15H29NO/c1-4-16-11-12(2)13(3)14-6-9-17-15(10-14)7-5-8-15/h12-14,16H,4-11H2,1-3H3. The molecule has 1 aliphatic carbocycles. The largest absolute Gasteiger partial charge is 0.375 e. The predicted octanol–water partition coefficient (Wildman–Crippen LogP) is 3.22. The SMILES string of the molecule is CCNCC(C)C(C)C1CCOC2(CCC2)C1. The van der Waals surface area contributed by atoms with Gasteiger partial charge in [-0.05, 0) is 62.9 Å². The molecule has 2 heteroatoms. The number of hydrogen-bond acceptors (Lipinski definition) is 2. The zero-order chi connectivity index (χ0) is 12.3. The lowest BCUT2D eigenvalue weighted by Crippen LogP contribution is -2.47. The molecule has 1 heterocycles. The van der Waals surface area contributed by atoms with Crippen molar-refractivity contribution in [2.45, 2.75) is 58.5 Å². The highest BCUT2D eigenvalue weighted by molar-refractivity contribution is 4.95. The van der Waals surface area contributed by atoms with Crippen molar-refractivity contribution in [3.05, 3.63) is 0 Å². The summed E-state index contributed by atoms with van der Waals surface area (Å²) in [6, 6.07) is 0. The average Bonchev–Trinajstić information content (AvgIpc) is 2.33. The van der Waals surface area contributed by atoms with Gasteiger partial charge in [0.25, 0.3) is 0 Å². The van der Waals surface area contributed by atoms with Crippen LogP contribution in [-0.4, -0.2) is 25.3 Å². The molecule has 1 aliphatic heterocycles. The minimum atomic E-state index is 0.315. The van der Waals surface area contributed by atoms with Crippen LogP contribution in [0.3, 0.4) is 0 Å². The highest BCUT2D eigenvalue weighted by Crippen LogP contribution is 2.46. The van der Waals surface area contributed by atoms with E-state index >= 15 is 0 Å². The summed E-state index contributed by atoms with van der Waals surface area (Å²) in [7, 11) is 0. The molecule has 17 heavy (non-hydrogen) atoms. The molecule has 0 aromatic rings. The Bertz CT molecular complexity index is 237. The monoisotopic (exact) mass is 239 g/mol. The zero-order valence-electron chi connectivity index (χ0n) is 11.8. The van der Waals surface area contributed by atoms with Crippen LogP contribution in [0.2, 0.25) is 0 Å². The van der Waals surface area contributed by atoms with Crippen molar-refractivity contribution in [3.63, 3.8) is 0 Å². The van der Waals surface area contributed by atoms with Crippen molar-refractivity contribution >= 4 is 0 Å². The number of rotatable bonds is 5. The first kappa shape index (κ1) is 13.4. The van der Waals surface area contributed by atoms with Crippen molar-refractivity contribution in [3.8, 4) is 0 Å². The molecule has 3 atom stereocenters. The van der Waals surface area contributed by atoms with Crippen molar-refractivity contribution in [2.24, 2.45) is 17.8 Å². The van der Waals surface area contributed by atoms with Crippen LogP contribution in [-0.2, 0) is 4.74 Å². The molecule has 2 nitrogen and oxygen atoms in total. The van der Waals surface area contributed by atoms with Crippen molar-refractivity contribution < 1.29 is 4.74 Å². The fraction of sp³-hybridized carbons (Fsp3) is 1.00. The third-order valence-corrected chi connectivity index (χ3v) is 5.15. The summed E-state index contributed by atoms with van der Waals surface area (Å²) in [5.41, 5.74) is 0.315. The molecular formula is C15H29NO. The van der Waals surface area contributed by atoms with Gasteiger partial charge in [-0.25, -0.2) is 0 Å². The van der Waals surface area contributed by atoms with Crippen LogP contribution < -0.4 is 5.32 Å². The molecule has 100 valence electrons. The van der Waals surface area contributed by atoms with Crippen LogP contribution in [0.4, 0.5) is 0 Å². The van der Waals surface area contributed by atoms with Crippen LogP contribution in [0.25, 0.3) is 0 Å². The summed E-state index contributed by atoms with van der Waals surface area (Å²) in [6.45, 7) is 10.3. The third kappa shape index (κ3) is 3.03. The lowest BCUT2D eigenvalue weighted by molar-refractivity contribution is -0.151. The Morgan fingerprint density at radius 1 is 1.35 bits per heavy atom. The smallest absolute Gasteiger partial charge is 0.0685 e. The lowest BCUT2D eigenvalue weighted by atomic mass is 9.67. The van der Waals surface area contributed by atoms with Gasteiger partial charge in [0.15, 0.2) is 0 Å². The van der Waals surface area contributed by atoms with Gasteiger partial charge in [-0.3, -0.25) is 0 Å². The van der Waals surface area contributed by atoms with E-state index in [9.17, 15) is 0 Å². The topological polar surface area (TPSA) is 21.3 Å². The van der Waals surface area contributed by atoms with Gasteiger partial charge in [0.05, 0.1) is 5.60 Å². The van der Waals surface area contributed by atoms with E-state index in [0.29, 0.717) is 5.60 Å². The molecule has 0 amide bonds. The van der Waals surface area contributed by atoms with Gasteiger partial charge in [0.1, 0.15) is 0 Å². The Morgan fingerprint density at radius 3 is 2.71 bits per heavy atom. The van der Waals surface area contributed by atoms with E-state index in [4.69, 9.17) is 4.74 Å². The molecule has 0 aromatic heterocycles. The molecule has 0 aromatic carbocycles. The summed E-state index contributed by atoms with van der Waals surface area (Å²) in [5.74, 6) is 2.50. The van der Waals surface area contributed by atoms with E-state index in [0.717, 1.165) is 30.9 Å². The van der Waals surface area contributed by atoms with Crippen LogP contribution in [0, 0.1) is 17.8 Å². The quantitative estimate of drug-likeness (QED) is 0.795. The van der Waals surface area contributed by atoms with E-state index < -0.39 is 0 Å². The predicted molar refractivity (Wildman–Crippen MR) is 72.1 cm³/mol. The maximum absolute atomic E-state index is 6.03. The van der Waals surface area contributed by atoms with E-state index in [1.807, 2.05) is 0 Å². The van der Waals surface area contributed by atoms with E-state index in [-0.39, 0.29) is 0 Å². The van der Waals surface area contributed by atoms with Gasteiger partial charge in [-0.2, -0.15) is 0 Å². The molecule has 1 spiro atoms. The van der Waals surface area contributed by atoms with Crippen molar-refractivity contribution in [1.29, 1.82) is 0 Å². The Labute approximate surface area is 107 Å². The fourth-order valence-electron chi connectivity index (χ4n) is 3.46. The summed E-state index contributed by atoms with van der Waals surface area (Å²) >= 11 is 0. The van der Waals surface area contributed by atoms with Gasteiger partial charge < -0.3 is 10.1 Å². The molecule has 1 N–H and O–H groups in total. The maximum atomic E-state index is 6.03. The molecular weight excluding hydrogens is 210 g/mol. The summed E-state index contributed by atoms with van der Waals surface area (Å²) in [6.07, 6.45) is 6.62. The van der Waals surface area contributed by atoms with Gasteiger partial charge in [0.2, 0.25) is 0 Å². The Hall–Kier alpha value is -0.0800. The van der Waals surface area contributed by atoms with Gasteiger partial charge in [-0.1, -0.05) is 20.8 Å². The van der Waals surface area contributed by atoms with Crippen molar-refractivity contribution in [2.75, 3.05) is 19.7 Å². The first-order valence-corrected chi connectivity index (χ1v) is 7.51. The number of nitrogens with one attached hydrogen (secondary N) is 1. The summed E-state index contributed by atoms with van der Waals surface area (Å²) in [4.78, 5) is 0. The zero-order valence-corrected chi connectivity index (χ0v) is 11.8. The number of hydrogen-bond donors (Lipinski definition) is 1. The minimum Gasteiger partial charge on any atom is -0.375 e. The summed E-state index contributed by atoms with van der Waals surface area (Å²) < 4.78 is 6.03. The van der Waals surface area contributed by atoms with Crippen molar-refractivity contribution in [1.82, 2.24) is 5.32 Å². The lowest BCUT2D eigenvalue weighted by Gasteiger charge is -2.49. The van der Waals surface area contributed by atoms with Gasteiger partial charge in [0, 0.05) is 6.61 Å². The molecule has 2 fully saturated rings. The van der Waals surface area contributed by atoms with Gasteiger partial charge >= 0.3 is 0 Å². The second kappa shape index (κ2) is 5.71. The molecule has 0 radical (unpaired) electrons. The minimum absolute atomic E-state index is 0.315. The number of ether oxygens (including phenoxy) is 1. The molecule has 1 saturated carbocycles. The molecule has 2 aliphatic rings. The normalized spacial score (nSPS) is 30.9. The Kier molecular flexibility index (Phi) is 4.48. The van der Waals surface area contributed by atoms with Crippen LogP contribution in [0.1, 0.15) is 52.9 Å². The Morgan fingerprint density at radius 2 is 2.12 bits per heavy atom. The third-order valence-electron chi connectivity index (χ3n) is 5.15. The van der Waals surface area contributed by atoms with Crippen LogP contribution >= 0.6 is 0 Å². The average molecular weight is 239 g/mol. The first-order valence-electron chi connectivity index (χ1n) is 7.51. The second-order valence-corrected chi connectivity index (χ2v) is 6.28. The van der Waals surface area contributed by atoms with E-state index in [1.165, 1.54) is 38.6 Å². The van der Waals surface area contributed by atoms with Crippen LogP contribution in [0.5, 0.6) is 0 Å². The van der Waals surface area contributed by atoms with Gasteiger partial charge in [-0.15, -0.1) is 0 Å². The maximum Gasteiger partial charge on any atom is 0.0685 e. The molecule has 2 rings (SSSR count). The van der Waals surface area contributed by atoms with E-state index in [2.05, 4.69) is 26.1 Å². The summed E-state index contributed by atoms with van der Waals surface area (Å²) in [5, 5.41) is 3.49. The van der Waals surface area contributed by atoms with E-state index in [1.54, 1.807) is 0 Å². The van der Waals surface area contributed by atoms with Crippen LogP contribution in [0.15, 0.2) is 0 Å². The molecule has 0 bridgehead atoms. The molecule has 1 saturated heterocycles. The highest BCUT2D eigenvalue weighted by atomic mass is 16.5. The fourth-order valence-corrected chi connectivity index (χ4v) is 3.46.